The van der Waals surface area contributed by atoms with Gasteiger partial charge in [-0.3, -0.25) is 9.78 Å². The molecule has 1 aromatic carbocycles. The Labute approximate surface area is 136 Å². The van der Waals surface area contributed by atoms with Crippen LogP contribution in [-0.2, 0) is 0 Å². The van der Waals surface area contributed by atoms with Gasteiger partial charge in [0.15, 0.2) is 17.4 Å². The van der Waals surface area contributed by atoms with Crippen LogP contribution in [0.3, 0.4) is 0 Å². The third kappa shape index (κ3) is 2.84. The van der Waals surface area contributed by atoms with Crippen molar-refractivity contribution in [2.45, 2.75) is 24.8 Å². The molecule has 3 rings (SSSR count). The summed E-state index contributed by atoms with van der Waals surface area (Å²) in [6.07, 6.45) is 0.381. The lowest BCUT2D eigenvalue weighted by Crippen LogP contribution is -2.32. The molecule has 5 nitrogen and oxygen atoms in total. The van der Waals surface area contributed by atoms with E-state index in [9.17, 15) is 18.4 Å². The number of ketones is 1. The summed E-state index contributed by atoms with van der Waals surface area (Å²) in [5.41, 5.74) is 0.574. The van der Waals surface area contributed by atoms with E-state index < -0.39 is 29.7 Å². The van der Waals surface area contributed by atoms with Gasteiger partial charge >= 0.3 is 6.09 Å². The zero-order valence-electron chi connectivity index (χ0n) is 12.5. The molecule has 2 aromatic rings. The number of carbonyl (C=O) groups is 2. The summed E-state index contributed by atoms with van der Waals surface area (Å²) in [4.78, 5) is 27.5. The normalized spacial score (nSPS) is 20.2. The second-order valence-corrected chi connectivity index (χ2v) is 5.58. The van der Waals surface area contributed by atoms with Gasteiger partial charge < -0.3 is 10.4 Å². The Morgan fingerprint density at radius 1 is 1.21 bits per heavy atom. The number of carboxylic acid groups (broad SMARTS) is 1. The van der Waals surface area contributed by atoms with E-state index in [1.54, 1.807) is 12.1 Å². The largest absolute Gasteiger partial charge is 0.465 e. The van der Waals surface area contributed by atoms with Gasteiger partial charge in [0.25, 0.3) is 0 Å². The van der Waals surface area contributed by atoms with Crippen LogP contribution in [-0.4, -0.2) is 22.0 Å². The first-order valence-corrected chi connectivity index (χ1v) is 7.40. The number of carbonyl (C=O) groups excluding carboxylic acids is 1. The van der Waals surface area contributed by atoms with Gasteiger partial charge in [0.05, 0.1) is 6.04 Å². The number of fused-ring (bicyclic) bond motifs is 1. The van der Waals surface area contributed by atoms with Gasteiger partial charge in [0.1, 0.15) is 5.69 Å². The first-order valence-electron chi connectivity index (χ1n) is 7.40. The molecule has 0 bridgehead atoms. The maximum atomic E-state index is 14.3. The van der Waals surface area contributed by atoms with E-state index in [4.69, 9.17) is 5.11 Å². The Hall–Kier alpha value is -2.83. The molecule has 0 radical (unpaired) electrons. The molecule has 0 unspecified atom stereocenters. The van der Waals surface area contributed by atoms with Crippen LogP contribution in [0.15, 0.2) is 36.5 Å². The molecule has 1 aliphatic carbocycles. The SMILES string of the molecule is O=C(O)N[C@@H]1c2cccnc2C(=O)CC[C@H]1c1cccc(F)c1F. The number of nitrogens with one attached hydrogen (secondary N) is 1. The number of hydrogen-bond acceptors (Lipinski definition) is 3. The number of aromatic nitrogens is 1. The van der Waals surface area contributed by atoms with Crippen molar-refractivity contribution < 1.29 is 23.5 Å². The van der Waals surface area contributed by atoms with Gasteiger partial charge in [-0.15, -0.1) is 0 Å². The molecular formula is C17H14F2N2O3. The zero-order chi connectivity index (χ0) is 17.3. The molecule has 1 amide bonds. The van der Waals surface area contributed by atoms with Crippen LogP contribution in [0.25, 0.3) is 0 Å². The van der Waals surface area contributed by atoms with Gasteiger partial charge in [-0.1, -0.05) is 18.2 Å². The number of halogens is 2. The predicted molar refractivity (Wildman–Crippen MR) is 80.8 cm³/mol. The van der Waals surface area contributed by atoms with E-state index in [0.29, 0.717) is 5.56 Å². The van der Waals surface area contributed by atoms with Crippen LogP contribution in [0.1, 0.15) is 46.4 Å². The second-order valence-electron chi connectivity index (χ2n) is 5.58. The fraction of sp³-hybridized carbons (Fsp3) is 0.235. The van der Waals surface area contributed by atoms with Crippen LogP contribution < -0.4 is 5.32 Å². The van der Waals surface area contributed by atoms with Crippen molar-refractivity contribution in [3.63, 3.8) is 0 Å². The lowest BCUT2D eigenvalue weighted by atomic mass is 9.85. The van der Waals surface area contributed by atoms with Crippen molar-refractivity contribution in [2.75, 3.05) is 0 Å². The highest BCUT2D eigenvalue weighted by atomic mass is 19.2. The molecule has 124 valence electrons. The number of benzene rings is 1. The number of Topliss-reactive ketones (excluding diaryl/α,β-unsaturated/α-hetero) is 1. The summed E-state index contributed by atoms with van der Waals surface area (Å²) >= 11 is 0. The van der Waals surface area contributed by atoms with E-state index in [2.05, 4.69) is 10.3 Å². The summed E-state index contributed by atoms with van der Waals surface area (Å²) in [6, 6.07) is 6.03. The minimum absolute atomic E-state index is 0.0400. The third-order valence-corrected chi connectivity index (χ3v) is 4.18. The average molecular weight is 332 g/mol. The molecule has 0 saturated carbocycles. The Morgan fingerprint density at radius 2 is 1.96 bits per heavy atom. The van der Waals surface area contributed by atoms with Crippen LogP contribution in [0, 0.1) is 11.6 Å². The highest BCUT2D eigenvalue weighted by Crippen LogP contribution is 2.40. The van der Waals surface area contributed by atoms with Gasteiger partial charge in [0, 0.05) is 24.1 Å². The number of hydrogen-bond donors (Lipinski definition) is 2. The van der Waals surface area contributed by atoms with E-state index in [1.165, 1.54) is 18.3 Å². The van der Waals surface area contributed by atoms with Crippen LogP contribution in [0.5, 0.6) is 0 Å². The molecule has 7 heteroatoms. The fourth-order valence-corrected chi connectivity index (χ4v) is 3.14. The first-order chi connectivity index (χ1) is 11.5. The molecule has 24 heavy (non-hydrogen) atoms. The summed E-state index contributed by atoms with van der Waals surface area (Å²) < 4.78 is 27.9. The number of amides is 1. The summed E-state index contributed by atoms with van der Waals surface area (Å²) in [7, 11) is 0. The molecule has 1 heterocycles. The highest BCUT2D eigenvalue weighted by Gasteiger charge is 2.35. The minimum Gasteiger partial charge on any atom is -0.465 e. The van der Waals surface area contributed by atoms with E-state index in [-0.39, 0.29) is 29.9 Å². The Morgan fingerprint density at radius 3 is 2.71 bits per heavy atom. The summed E-state index contributed by atoms with van der Waals surface area (Å²) in [6.45, 7) is 0. The van der Waals surface area contributed by atoms with Gasteiger partial charge in [-0.25, -0.2) is 13.6 Å². The summed E-state index contributed by atoms with van der Waals surface area (Å²) in [5.74, 6) is -3.00. The third-order valence-electron chi connectivity index (χ3n) is 4.18. The zero-order valence-corrected chi connectivity index (χ0v) is 12.5. The predicted octanol–water partition coefficient (Wildman–Crippen LogP) is 3.43. The van der Waals surface area contributed by atoms with Crippen molar-refractivity contribution in [1.29, 1.82) is 0 Å². The fourth-order valence-electron chi connectivity index (χ4n) is 3.14. The molecule has 1 aromatic heterocycles. The van der Waals surface area contributed by atoms with E-state index in [1.807, 2.05) is 0 Å². The van der Waals surface area contributed by atoms with Crippen LogP contribution >= 0.6 is 0 Å². The van der Waals surface area contributed by atoms with Crippen molar-refractivity contribution in [3.05, 3.63) is 65.0 Å². The van der Waals surface area contributed by atoms with E-state index >= 15 is 0 Å². The van der Waals surface area contributed by atoms with Gasteiger partial charge in [-0.05, 0) is 24.1 Å². The molecule has 0 saturated heterocycles. The van der Waals surface area contributed by atoms with Crippen molar-refractivity contribution in [3.8, 4) is 0 Å². The topological polar surface area (TPSA) is 79.3 Å². The molecule has 0 fully saturated rings. The minimum atomic E-state index is -1.31. The number of nitrogens with zero attached hydrogens (tertiary/aromatic N) is 1. The molecule has 1 aliphatic rings. The van der Waals surface area contributed by atoms with Gasteiger partial charge in [-0.2, -0.15) is 0 Å². The van der Waals surface area contributed by atoms with Gasteiger partial charge in [0.2, 0.25) is 0 Å². The Kier molecular flexibility index (Phi) is 4.24. The maximum absolute atomic E-state index is 14.3. The Bertz CT molecular complexity index is 810. The smallest absolute Gasteiger partial charge is 0.405 e. The van der Waals surface area contributed by atoms with Crippen molar-refractivity contribution >= 4 is 11.9 Å². The summed E-state index contributed by atoms with van der Waals surface area (Å²) in [5, 5.41) is 11.5. The Balaban J connectivity index is 2.16. The molecule has 0 spiro atoms. The number of pyridine rings is 1. The van der Waals surface area contributed by atoms with E-state index in [0.717, 1.165) is 6.07 Å². The van der Waals surface area contributed by atoms with Crippen molar-refractivity contribution in [1.82, 2.24) is 10.3 Å². The first kappa shape index (κ1) is 16.0. The van der Waals surface area contributed by atoms with Crippen LogP contribution in [0.4, 0.5) is 13.6 Å². The molecule has 0 aliphatic heterocycles. The monoisotopic (exact) mass is 332 g/mol. The highest BCUT2D eigenvalue weighted by molar-refractivity contribution is 5.96. The quantitative estimate of drug-likeness (QED) is 0.826. The molecule has 2 N–H and O–H groups in total. The maximum Gasteiger partial charge on any atom is 0.405 e. The van der Waals surface area contributed by atoms with Crippen LogP contribution in [0.2, 0.25) is 0 Å². The number of rotatable bonds is 2. The second kappa shape index (κ2) is 6.35. The van der Waals surface area contributed by atoms with Crippen molar-refractivity contribution in [2.24, 2.45) is 0 Å². The molecular weight excluding hydrogens is 318 g/mol. The standard InChI is InChI=1S/C17H14F2N2O3/c18-12-5-1-3-9(14(12)19)10-6-7-13(22)16-11(4-2-8-20-16)15(10)21-17(23)24/h1-5,8,10,15,21H,6-7H2,(H,23,24)/t10-,15-/m0/s1. The average Bonchev–Trinajstić information content (AvgIpc) is 2.69. The lowest BCUT2D eigenvalue weighted by Gasteiger charge is -2.26. The lowest BCUT2D eigenvalue weighted by molar-refractivity contribution is 0.0975. The molecule has 2 atom stereocenters.